The summed E-state index contributed by atoms with van der Waals surface area (Å²) in [6.07, 6.45) is 3.88. The molecule has 3 aliphatic heterocycles. The first-order valence-electron chi connectivity index (χ1n) is 18.9. The van der Waals surface area contributed by atoms with Gasteiger partial charge in [0, 0.05) is 18.5 Å². The smallest absolute Gasteiger partial charge is 0.387 e. The van der Waals surface area contributed by atoms with E-state index < -0.39 is 51.7 Å². The highest BCUT2D eigenvalue weighted by Gasteiger charge is 2.39. The van der Waals surface area contributed by atoms with Crippen molar-refractivity contribution >= 4 is 45.2 Å². The van der Waals surface area contributed by atoms with Crippen molar-refractivity contribution < 1.29 is 55.2 Å². The Morgan fingerprint density at radius 1 is 0.932 bits per heavy atom. The molecule has 4 fully saturated rings. The number of alkyl halides is 2. The Labute approximate surface area is 349 Å². The molecule has 1 saturated carbocycles. The molecule has 0 amide bonds. The van der Waals surface area contributed by atoms with Gasteiger partial charge in [0.25, 0.3) is 0 Å². The number of fused-ring (bicyclic) bond motifs is 3. The molecule has 2 bridgehead atoms. The van der Waals surface area contributed by atoms with Crippen LogP contribution in [0.15, 0.2) is 84.0 Å². The number of aromatic nitrogens is 1. The van der Waals surface area contributed by atoms with E-state index in [-0.39, 0.29) is 68.8 Å². The minimum atomic E-state index is -4.63. The van der Waals surface area contributed by atoms with Crippen molar-refractivity contribution in [3.8, 4) is 17.2 Å². The number of pyridine rings is 1. The van der Waals surface area contributed by atoms with E-state index in [4.69, 9.17) is 42.1 Å². The average molecular weight is 877 g/mol. The van der Waals surface area contributed by atoms with Crippen molar-refractivity contribution in [2.75, 3.05) is 33.4 Å². The number of nitrogens with one attached hydrogen (secondary N) is 1. The maximum Gasteiger partial charge on any atom is 0.387 e. The number of methoxy groups -OCH3 is 1. The van der Waals surface area contributed by atoms with Gasteiger partial charge in [-0.2, -0.15) is 18.2 Å². The van der Waals surface area contributed by atoms with E-state index in [1.807, 2.05) is 0 Å². The van der Waals surface area contributed by atoms with Crippen LogP contribution in [0.4, 0.5) is 8.78 Å². The van der Waals surface area contributed by atoms with Crippen LogP contribution in [-0.4, -0.2) is 71.3 Å². The van der Waals surface area contributed by atoms with Gasteiger partial charge in [0.1, 0.15) is 38.9 Å². The molecule has 4 heterocycles. The number of hydrogen-bond acceptors (Lipinski definition) is 11. The number of carbonyl (C=O) groups excluding carboxylic acids is 2. The number of rotatable bonds is 17. The van der Waals surface area contributed by atoms with E-state index in [9.17, 15) is 32.0 Å². The summed E-state index contributed by atoms with van der Waals surface area (Å²) < 4.78 is 86.0. The van der Waals surface area contributed by atoms with Crippen LogP contribution in [-0.2, 0) is 30.7 Å². The first kappa shape index (κ1) is 42.4. The van der Waals surface area contributed by atoms with Gasteiger partial charge in [-0.05, 0) is 92.1 Å². The standard InChI is InChI=1S/C41H41Cl2F2N3O10S/c1-54-33-12-10-28(18-37(33)59(52,53)46-38(26-5-3-2-4-6-26)40(50)57-36-22-47-15-13-25(36)14-16-47)39(49)56-34(19-29-30(42)20-48(51)21-31(29)43)27-9-11-32(58-41(44)45)35(17-27)55-23-24-7-8-24/h2-6,9-12,17-18,20-21,24-25,34,36,38,41,46H,7-8,13-16,19,22-23H2,1H3/t34?,36-,38?/m0/s1. The van der Waals surface area contributed by atoms with Gasteiger partial charge in [-0.1, -0.05) is 59.6 Å². The van der Waals surface area contributed by atoms with Gasteiger partial charge in [0.15, 0.2) is 23.9 Å². The lowest BCUT2D eigenvalue weighted by Crippen LogP contribution is -2.52. The quantitative estimate of drug-likeness (QED) is 0.0675. The van der Waals surface area contributed by atoms with Gasteiger partial charge < -0.3 is 28.9 Å². The van der Waals surface area contributed by atoms with Gasteiger partial charge in [0.05, 0.1) is 19.3 Å². The highest BCUT2D eigenvalue weighted by Crippen LogP contribution is 2.39. The number of esters is 2. The summed E-state index contributed by atoms with van der Waals surface area (Å²) in [6.45, 7) is -0.506. The third kappa shape index (κ3) is 10.4. The molecule has 3 aromatic carbocycles. The van der Waals surface area contributed by atoms with Crippen LogP contribution in [0.2, 0.25) is 10.0 Å². The summed E-state index contributed by atoms with van der Waals surface area (Å²) in [7, 11) is -3.38. The summed E-state index contributed by atoms with van der Waals surface area (Å²) in [5, 5.41) is 11.9. The largest absolute Gasteiger partial charge is 0.619 e. The van der Waals surface area contributed by atoms with Crippen LogP contribution >= 0.6 is 23.2 Å². The van der Waals surface area contributed by atoms with Gasteiger partial charge in [0.2, 0.25) is 10.0 Å². The first-order chi connectivity index (χ1) is 28.3. The zero-order valence-electron chi connectivity index (χ0n) is 31.7. The Bertz CT molecular complexity index is 2260. The second-order valence-corrected chi connectivity index (χ2v) is 17.2. The average Bonchev–Trinajstić information content (AvgIpc) is 4.05. The molecule has 4 aliphatic rings. The second-order valence-electron chi connectivity index (χ2n) is 14.7. The summed E-state index contributed by atoms with van der Waals surface area (Å²) in [6, 6.07) is 14.5. The fourth-order valence-electron chi connectivity index (χ4n) is 7.25. The fraction of sp³-hybridized carbons (Fsp3) is 0.390. The lowest BCUT2D eigenvalue weighted by molar-refractivity contribution is -0.605. The molecule has 0 radical (unpaired) electrons. The molecule has 8 rings (SSSR count). The van der Waals surface area contributed by atoms with Crippen molar-refractivity contribution in [2.24, 2.45) is 11.8 Å². The SMILES string of the molecule is COc1ccc(C(=O)OC(Cc2c(Cl)c[n+]([O-])cc2Cl)c2ccc(OC(F)F)c(OCC3CC3)c2)cc1S(=O)(=O)NC(C(=O)O[C@H]1CN2CCC1CC2)c1ccccc1. The number of hydrogen-bond donors (Lipinski definition) is 1. The molecule has 1 aromatic heterocycles. The van der Waals surface area contributed by atoms with Crippen LogP contribution in [0.1, 0.15) is 64.9 Å². The number of halogens is 4. The van der Waals surface area contributed by atoms with Crippen LogP contribution in [0.25, 0.3) is 0 Å². The zero-order valence-corrected chi connectivity index (χ0v) is 34.1. The molecular formula is C41H41Cl2F2N3O10S. The van der Waals surface area contributed by atoms with Gasteiger partial charge in [-0.15, -0.1) is 0 Å². The van der Waals surface area contributed by atoms with E-state index in [0.717, 1.165) is 57.2 Å². The first-order valence-corrected chi connectivity index (χ1v) is 21.2. The molecular weight excluding hydrogens is 835 g/mol. The van der Waals surface area contributed by atoms with E-state index >= 15 is 0 Å². The van der Waals surface area contributed by atoms with E-state index in [1.165, 1.54) is 37.4 Å². The van der Waals surface area contributed by atoms with Crippen molar-refractivity contribution in [1.82, 2.24) is 9.62 Å². The fourth-order valence-corrected chi connectivity index (χ4v) is 9.22. The molecule has 2 unspecified atom stereocenters. The summed E-state index contributed by atoms with van der Waals surface area (Å²) in [5.74, 6) is -1.76. The predicted octanol–water partition coefficient (Wildman–Crippen LogP) is 6.82. The number of nitrogens with zero attached hydrogens (tertiary/aromatic N) is 2. The van der Waals surface area contributed by atoms with Gasteiger partial charge in [-0.3, -0.25) is 4.90 Å². The maximum atomic E-state index is 14.2. The Morgan fingerprint density at radius 2 is 1.63 bits per heavy atom. The van der Waals surface area contributed by atoms with Crippen LogP contribution in [0.3, 0.4) is 0 Å². The van der Waals surface area contributed by atoms with Gasteiger partial charge in [-0.25, -0.2) is 18.0 Å². The van der Waals surface area contributed by atoms with E-state index in [2.05, 4.69) is 14.4 Å². The highest BCUT2D eigenvalue weighted by molar-refractivity contribution is 7.89. The normalized spacial score (nSPS) is 19.8. The number of carbonyl (C=O) groups is 2. The number of ether oxygens (including phenoxy) is 5. The summed E-state index contributed by atoms with van der Waals surface area (Å²) in [4.78, 5) is 29.6. The third-order valence-electron chi connectivity index (χ3n) is 10.6. The minimum Gasteiger partial charge on any atom is -0.619 e. The molecule has 13 nitrogen and oxygen atoms in total. The number of piperidine rings is 3. The van der Waals surface area contributed by atoms with Gasteiger partial charge >= 0.3 is 18.6 Å². The highest BCUT2D eigenvalue weighted by atomic mass is 35.5. The molecule has 1 aliphatic carbocycles. The lowest BCUT2D eigenvalue weighted by Gasteiger charge is -2.44. The Hall–Kier alpha value is -4.74. The molecule has 0 spiro atoms. The molecule has 4 aromatic rings. The van der Waals surface area contributed by atoms with Crippen molar-refractivity contribution in [1.29, 1.82) is 0 Å². The molecule has 59 heavy (non-hydrogen) atoms. The van der Waals surface area contributed by atoms with Crippen LogP contribution < -0.4 is 23.7 Å². The maximum absolute atomic E-state index is 14.2. The van der Waals surface area contributed by atoms with E-state index in [0.29, 0.717) is 16.8 Å². The number of sulfonamides is 1. The molecule has 3 atom stereocenters. The Balaban J connectivity index is 1.19. The van der Waals surface area contributed by atoms with E-state index in [1.54, 1.807) is 30.3 Å². The van der Waals surface area contributed by atoms with Crippen LogP contribution in [0.5, 0.6) is 17.2 Å². The summed E-state index contributed by atoms with van der Waals surface area (Å²) in [5.41, 5.74) is 0.594. The zero-order chi connectivity index (χ0) is 41.8. The van der Waals surface area contributed by atoms with Crippen molar-refractivity contribution in [3.63, 3.8) is 0 Å². The van der Waals surface area contributed by atoms with Crippen molar-refractivity contribution in [2.45, 2.75) is 61.9 Å². The second kappa shape index (κ2) is 18.3. The van der Waals surface area contributed by atoms with Crippen LogP contribution in [0, 0.1) is 17.0 Å². The Morgan fingerprint density at radius 3 is 2.25 bits per heavy atom. The summed E-state index contributed by atoms with van der Waals surface area (Å²) >= 11 is 12.8. The number of benzene rings is 3. The molecule has 3 saturated heterocycles. The molecule has 1 N–H and O–H groups in total. The topological polar surface area (TPSA) is 157 Å². The van der Waals surface area contributed by atoms with Crippen molar-refractivity contribution in [3.05, 3.63) is 117 Å². The lowest BCUT2D eigenvalue weighted by atomic mass is 9.86. The molecule has 314 valence electrons. The Kier molecular flexibility index (Phi) is 13.1. The predicted molar refractivity (Wildman–Crippen MR) is 210 cm³/mol. The minimum absolute atomic E-state index is 0.0256. The monoisotopic (exact) mass is 875 g/mol. The molecule has 18 heteroatoms. The third-order valence-corrected chi connectivity index (χ3v) is 12.7.